The standard InChI is InChI=1S/C29H32ClFN4O4/c1-17-14-35(18(2)13-34(17)15-19-4-6-20(31)7-5-19)28(37)23-10-22-24(12-32-26(22)11-25(23)30)27(36)29(38)33-9-8-21(16-33)39-3/h4-7,10-12,17-18,21,32H,8-9,13-16H2,1-3H3/t17-,18+,21+/m0/s1. The quantitative estimate of drug-likeness (QED) is 0.366. The minimum Gasteiger partial charge on any atom is -0.380 e. The molecule has 2 saturated heterocycles. The predicted molar refractivity (Wildman–Crippen MR) is 146 cm³/mol. The van der Waals surface area contributed by atoms with Crippen LogP contribution in [-0.4, -0.2) is 88.8 Å². The van der Waals surface area contributed by atoms with E-state index in [1.54, 1.807) is 36.3 Å². The molecule has 2 aliphatic rings. The van der Waals surface area contributed by atoms with Gasteiger partial charge in [-0.25, -0.2) is 4.39 Å². The summed E-state index contributed by atoms with van der Waals surface area (Å²) in [5, 5.41) is 0.759. The van der Waals surface area contributed by atoms with Gasteiger partial charge in [0.15, 0.2) is 0 Å². The molecule has 2 aromatic carbocycles. The Labute approximate surface area is 231 Å². The number of piperazine rings is 1. The summed E-state index contributed by atoms with van der Waals surface area (Å²) in [6.07, 6.45) is 2.11. The van der Waals surface area contributed by atoms with Crippen molar-refractivity contribution in [2.75, 3.05) is 33.3 Å². The minimum absolute atomic E-state index is 0.0658. The number of carbonyl (C=O) groups excluding carboxylic acids is 3. The zero-order valence-electron chi connectivity index (χ0n) is 22.2. The molecular formula is C29H32ClFN4O4. The highest BCUT2D eigenvalue weighted by Crippen LogP contribution is 2.30. The fraction of sp³-hybridized carbons (Fsp3) is 0.414. The first-order valence-electron chi connectivity index (χ1n) is 13.1. The van der Waals surface area contributed by atoms with Gasteiger partial charge in [0.25, 0.3) is 17.6 Å². The van der Waals surface area contributed by atoms with Gasteiger partial charge < -0.3 is 19.5 Å². The van der Waals surface area contributed by atoms with Crippen molar-refractivity contribution in [2.24, 2.45) is 0 Å². The Hall–Kier alpha value is -3.27. The Balaban J connectivity index is 1.34. The van der Waals surface area contributed by atoms with Gasteiger partial charge in [0, 0.05) is 69.0 Å². The number of nitrogens with zero attached hydrogens (tertiary/aromatic N) is 3. The fourth-order valence-electron chi connectivity index (χ4n) is 5.54. The average molecular weight is 555 g/mol. The van der Waals surface area contributed by atoms with Crippen LogP contribution in [0.15, 0.2) is 42.6 Å². The SMILES string of the molecule is CO[C@@H]1CCN(C(=O)C(=O)c2c[nH]c3cc(Cl)c(C(=O)N4C[C@H](C)N(Cc5ccc(F)cc5)C[C@H]4C)cc23)C1. The Morgan fingerprint density at radius 2 is 1.79 bits per heavy atom. The number of hydrogen-bond donors (Lipinski definition) is 1. The Bertz CT molecular complexity index is 1410. The van der Waals surface area contributed by atoms with Crippen LogP contribution < -0.4 is 0 Å². The second-order valence-electron chi connectivity index (χ2n) is 10.5. The largest absolute Gasteiger partial charge is 0.380 e. The molecule has 0 saturated carbocycles. The highest BCUT2D eigenvalue weighted by molar-refractivity contribution is 6.45. The van der Waals surface area contributed by atoms with Gasteiger partial charge in [-0.1, -0.05) is 23.7 Å². The van der Waals surface area contributed by atoms with E-state index in [4.69, 9.17) is 16.3 Å². The van der Waals surface area contributed by atoms with Crippen LogP contribution in [0.5, 0.6) is 0 Å². The maximum Gasteiger partial charge on any atom is 0.295 e. The monoisotopic (exact) mass is 554 g/mol. The lowest BCUT2D eigenvalue weighted by molar-refractivity contribution is -0.125. The molecule has 3 aromatic rings. The number of likely N-dealkylation sites (tertiary alicyclic amines) is 1. The van der Waals surface area contributed by atoms with Crippen LogP contribution in [0.4, 0.5) is 4.39 Å². The molecule has 0 unspecified atom stereocenters. The molecule has 0 radical (unpaired) electrons. The molecule has 1 N–H and O–H groups in total. The zero-order chi connectivity index (χ0) is 27.8. The van der Waals surface area contributed by atoms with E-state index in [9.17, 15) is 18.8 Å². The number of H-pyrrole nitrogens is 1. The third kappa shape index (κ3) is 5.44. The lowest BCUT2D eigenvalue weighted by Gasteiger charge is -2.44. The zero-order valence-corrected chi connectivity index (χ0v) is 23.0. The van der Waals surface area contributed by atoms with Crippen LogP contribution in [-0.2, 0) is 16.1 Å². The summed E-state index contributed by atoms with van der Waals surface area (Å²) in [6.45, 7) is 6.67. The summed E-state index contributed by atoms with van der Waals surface area (Å²) >= 11 is 6.55. The lowest BCUT2D eigenvalue weighted by atomic mass is 10.0. The third-order valence-corrected chi connectivity index (χ3v) is 8.19. The number of nitrogens with one attached hydrogen (secondary N) is 1. The van der Waals surface area contributed by atoms with Crippen molar-refractivity contribution in [3.05, 3.63) is 70.1 Å². The smallest absolute Gasteiger partial charge is 0.295 e. The summed E-state index contributed by atoms with van der Waals surface area (Å²) in [4.78, 5) is 48.4. The topological polar surface area (TPSA) is 85.9 Å². The molecule has 0 aliphatic carbocycles. The first-order valence-corrected chi connectivity index (χ1v) is 13.5. The van der Waals surface area contributed by atoms with Crippen LogP contribution in [0.3, 0.4) is 0 Å². The number of hydrogen-bond acceptors (Lipinski definition) is 5. The summed E-state index contributed by atoms with van der Waals surface area (Å²) in [5.41, 5.74) is 2.09. The van der Waals surface area contributed by atoms with Gasteiger partial charge in [0.2, 0.25) is 0 Å². The van der Waals surface area contributed by atoms with Gasteiger partial charge in [-0.05, 0) is 50.1 Å². The van der Waals surface area contributed by atoms with Crippen molar-refractivity contribution in [1.29, 1.82) is 0 Å². The maximum absolute atomic E-state index is 13.7. The molecule has 0 bridgehead atoms. The summed E-state index contributed by atoms with van der Waals surface area (Å²) in [6, 6.07) is 9.67. The van der Waals surface area contributed by atoms with Crippen LogP contribution in [0.1, 0.15) is 46.5 Å². The lowest BCUT2D eigenvalue weighted by Crippen LogP contribution is -2.57. The summed E-state index contributed by atoms with van der Waals surface area (Å²) < 4.78 is 18.6. The van der Waals surface area contributed by atoms with Crippen molar-refractivity contribution in [3.8, 4) is 0 Å². The Morgan fingerprint density at radius 1 is 1.05 bits per heavy atom. The van der Waals surface area contributed by atoms with Crippen molar-refractivity contribution >= 4 is 40.1 Å². The molecule has 3 heterocycles. The van der Waals surface area contributed by atoms with E-state index in [1.165, 1.54) is 23.2 Å². The molecule has 2 fully saturated rings. The number of aromatic amines is 1. The number of rotatable bonds is 6. The molecule has 39 heavy (non-hydrogen) atoms. The van der Waals surface area contributed by atoms with E-state index >= 15 is 0 Å². The number of ketones is 1. The van der Waals surface area contributed by atoms with E-state index in [-0.39, 0.29) is 46.1 Å². The van der Waals surface area contributed by atoms with Gasteiger partial charge in [0.05, 0.1) is 22.3 Å². The van der Waals surface area contributed by atoms with Crippen molar-refractivity contribution in [3.63, 3.8) is 0 Å². The Morgan fingerprint density at radius 3 is 2.49 bits per heavy atom. The minimum atomic E-state index is -0.630. The number of methoxy groups -OCH3 is 1. The molecular weight excluding hydrogens is 523 g/mol. The van der Waals surface area contributed by atoms with Crippen molar-refractivity contribution in [2.45, 2.75) is 45.0 Å². The van der Waals surface area contributed by atoms with Gasteiger partial charge in [-0.3, -0.25) is 19.3 Å². The number of amides is 2. The third-order valence-electron chi connectivity index (χ3n) is 7.88. The molecule has 5 rings (SSSR count). The average Bonchev–Trinajstić information content (AvgIpc) is 3.57. The number of fused-ring (bicyclic) bond motifs is 1. The first kappa shape index (κ1) is 27.3. The molecule has 206 valence electrons. The molecule has 10 heteroatoms. The van der Waals surface area contributed by atoms with Crippen LogP contribution in [0, 0.1) is 5.82 Å². The van der Waals surface area contributed by atoms with Gasteiger partial charge >= 0.3 is 0 Å². The van der Waals surface area contributed by atoms with Crippen LogP contribution in [0.2, 0.25) is 5.02 Å². The number of halogens is 2. The highest BCUT2D eigenvalue weighted by atomic mass is 35.5. The molecule has 2 amide bonds. The van der Waals surface area contributed by atoms with Crippen molar-refractivity contribution in [1.82, 2.24) is 19.7 Å². The summed E-state index contributed by atoms with van der Waals surface area (Å²) in [7, 11) is 1.59. The number of ether oxygens (including phenoxy) is 1. The van der Waals surface area contributed by atoms with E-state index in [1.807, 2.05) is 6.92 Å². The number of aromatic nitrogens is 1. The number of benzene rings is 2. The second-order valence-corrected chi connectivity index (χ2v) is 10.9. The molecule has 2 aliphatic heterocycles. The normalized spacial score (nSPS) is 22.0. The van der Waals surface area contributed by atoms with Gasteiger partial charge in [0.1, 0.15) is 5.82 Å². The fourth-order valence-corrected chi connectivity index (χ4v) is 5.78. The first-order chi connectivity index (χ1) is 18.7. The van der Waals surface area contributed by atoms with E-state index in [2.05, 4.69) is 16.8 Å². The molecule has 1 aromatic heterocycles. The van der Waals surface area contributed by atoms with Crippen LogP contribution >= 0.6 is 11.6 Å². The second kappa shape index (κ2) is 11.1. The van der Waals surface area contributed by atoms with E-state index < -0.39 is 11.7 Å². The van der Waals surface area contributed by atoms with Crippen LogP contribution in [0.25, 0.3) is 10.9 Å². The molecule has 0 spiro atoms. The molecule has 8 nitrogen and oxygen atoms in total. The van der Waals surface area contributed by atoms with Crippen molar-refractivity contribution < 1.29 is 23.5 Å². The Kier molecular flexibility index (Phi) is 7.75. The van der Waals surface area contributed by atoms with E-state index in [0.29, 0.717) is 50.0 Å². The predicted octanol–water partition coefficient (Wildman–Crippen LogP) is 4.13. The highest BCUT2D eigenvalue weighted by Gasteiger charge is 2.35. The van der Waals surface area contributed by atoms with Gasteiger partial charge in [-0.15, -0.1) is 0 Å². The molecule has 3 atom stereocenters. The van der Waals surface area contributed by atoms with Gasteiger partial charge in [-0.2, -0.15) is 0 Å². The summed E-state index contributed by atoms with van der Waals surface area (Å²) in [5.74, 6) is -1.71. The number of carbonyl (C=O) groups is 3. The number of Topliss-reactive ketones (excluding diaryl/α,β-unsaturated/α-hetero) is 1. The van der Waals surface area contributed by atoms with E-state index in [0.717, 1.165) is 5.56 Å². The maximum atomic E-state index is 13.7.